The molecule has 1 heterocycles. The first-order valence-corrected chi connectivity index (χ1v) is 10.3. The van der Waals surface area contributed by atoms with Gasteiger partial charge < -0.3 is 4.74 Å². The normalized spacial score (nSPS) is 21.6. The molecule has 0 bridgehead atoms. The molecule has 0 saturated carbocycles. The van der Waals surface area contributed by atoms with Crippen LogP contribution < -0.4 is 4.74 Å². The summed E-state index contributed by atoms with van der Waals surface area (Å²) in [6.07, 6.45) is 0. The Labute approximate surface area is 160 Å². The molecular weight excluding hydrogens is 358 g/mol. The van der Waals surface area contributed by atoms with Crippen LogP contribution in [0.2, 0.25) is 0 Å². The molecule has 0 radical (unpaired) electrons. The molecule has 1 aliphatic rings. The zero-order valence-electron chi connectivity index (χ0n) is 15.2. The van der Waals surface area contributed by atoms with E-state index in [1.807, 2.05) is 73.7 Å². The molecule has 0 aliphatic carbocycles. The summed E-state index contributed by atoms with van der Waals surface area (Å²) in [7, 11) is -1.97. The van der Waals surface area contributed by atoms with Crippen molar-refractivity contribution in [3.8, 4) is 5.75 Å². The van der Waals surface area contributed by atoms with Crippen molar-refractivity contribution in [3.63, 3.8) is 0 Å². The van der Waals surface area contributed by atoms with E-state index in [0.29, 0.717) is 4.90 Å². The molecule has 138 valence electrons. The van der Waals surface area contributed by atoms with Gasteiger partial charge in [0.25, 0.3) is 0 Å². The van der Waals surface area contributed by atoms with Crippen LogP contribution in [0.15, 0.2) is 83.8 Å². The van der Waals surface area contributed by atoms with E-state index < -0.39 is 10.0 Å². The van der Waals surface area contributed by atoms with E-state index in [4.69, 9.17) is 4.74 Å². The zero-order valence-corrected chi connectivity index (χ0v) is 16.1. The van der Waals surface area contributed by atoms with E-state index in [-0.39, 0.29) is 12.1 Å². The van der Waals surface area contributed by atoms with Crippen LogP contribution in [0.3, 0.4) is 0 Å². The van der Waals surface area contributed by atoms with Crippen LogP contribution >= 0.6 is 0 Å². The molecule has 0 spiro atoms. The largest absolute Gasteiger partial charge is 0.497 e. The maximum atomic E-state index is 13.3. The average molecular weight is 379 g/mol. The van der Waals surface area contributed by atoms with Gasteiger partial charge in [0.15, 0.2) is 0 Å². The standard InChI is InChI=1S/C22H21NO3S/c1-16-8-14-20(15-9-16)27(24,25)23-21(17-6-4-3-5-7-17)22(23)18-10-12-19(26-2)13-11-18/h3-15,21-22H,1-2H3/t21-,22+,23?/m1/s1. The number of ether oxygens (including phenoxy) is 1. The summed E-state index contributed by atoms with van der Waals surface area (Å²) in [5.41, 5.74) is 2.99. The molecule has 4 rings (SSSR count). The monoisotopic (exact) mass is 379 g/mol. The van der Waals surface area contributed by atoms with Crippen LogP contribution in [-0.4, -0.2) is 19.8 Å². The number of rotatable bonds is 5. The molecule has 1 saturated heterocycles. The second kappa shape index (κ2) is 6.83. The molecule has 3 aromatic rings. The predicted octanol–water partition coefficient (Wildman–Crippen LogP) is 4.49. The quantitative estimate of drug-likeness (QED) is 0.614. The van der Waals surface area contributed by atoms with Gasteiger partial charge >= 0.3 is 0 Å². The Balaban J connectivity index is 1.75. The Morgan fingerprint density at radius 3 is 1.89 bits per heavy atom. The predicted molar refractivity (Wildman–Crippen MR) is 105 cm³/mol. The van der Waals surface area contributed by atoms with Crippen molar-refractivity contribution in [1.29, 1.82) is 0 Å². The highest BCUT2D eigenvalue weighted by Crippen LogP contribution is 2.57. The second-order valence-corrected chi connectivity index (χ2v) is 8.56. The van der Waals surface area contributed by atoms with Crippen molar-refractivity contribution in [2.75, 3.05) is 7.11 Å². The van der Waals surface area contributed by atoms with Crippen LogP contribution in [-0.2, 0) is 10.0 Å². The first-order valence-electron chi connectivity index (χ1n) is 8.81. The lowest BCUT2D eigenvalue weighted by atomic mass is 10.0. The van der Waals surface area contributed by atoms with Crippen molar-refractivity contribution in [2.45, 2.75) is 23.9 Å². The lowest BCUT2D eigenvalue weighted by Gasteiger charge is -2.08. The second-order valence-electron chi connectivity index (χ2n) is 6.72. The Morgan fingerprint density at radius 2 is 1.33 bits per heavy atom. The highest BCUT2D eigenvalue weighted by Gasteiger charge is 2.56. The van der Waals surface area contributed by atoms with Gasteiger partial charge in [0.1, 0.15) is 5.75 Å². The van der Waals surface area contributed by atoms with Crippen molar-refractivity contribution in [2.24, 2.45) is 0 Å². The van der Waals surface area contributed by atoms with E-state index in [1.165, 1.54) is 0 Å². The maximum Gasteiger partial charge on any atom is 0.244 e. The molecule has 4 nitrogen and oxygen atoms in total. The number of hydrogen-bond donors (Lipinski definition) is 0. The topological polar surface area (TPSA) is 46.4 Å². The van der Waals surface area contributed by atoms with Crippen molar-refractivity contribution < 1.29 is 13.2 Å². The number of nitrogens with zero attached hydrogens (tertiary/aromatic N) is 1. The summed E-state index contributed by atoms with van der Waals surface area (Å²) in [6, 6.07) is 24.0. The summed E-state index contributed by atoms with van der Waals surface area (Å²) in [4.78, 5) is 0.324. The van der Waals surface area contributed by atoms with E-state index in [0.717, 1.165) is 22.4 Å². The molecule has 27 heavy (non-hydrogen) atoms. The van der Waals surface area contributed by atoms with Crippen LogP contribution in [0.5, 0.6) is 5.75 Å². The van der Waals surface area contributed by atoms with Crippen molar-refractivity contribution in [1.82, 2.24) is 4.31 Å². The third kappa shape index (κ3) is 3.24. The minimum absolute atomic E-state index is 0.203. The minimum Gasteiger partial charge on any atom is -0.497 e. The van der Waals surface area contributed by atoms with Gasteiger partial charge in [0.05, 0.1) is 24.1 Å². The number of hydrogen-bond acceptors (Lipinski definition) is 3. The molecule has 1 fully saturated rings. The molecule has 0 aromatic heterocycles. The van der Waals surface area contributed by atoms with Crippen LogP contribution in [0.1, 0.15) is 28.8 Å². The Hall–Kier alpha value is -2.63. The highest BCUT2D eigenvalue weighted by atomic mass is 32.2. The van der Waals surface area contributed by atoms with Gasteiger partial charge in [0.2, 0.25) is 10.0 Å². The van der Waals surface area contributed by atoms with Gasteiger partial charge in [0, 0.05) is 0 Å². The van der Waals surface area contributed by atoms with Crippen molar-refractivity contribution >= 4 is 10.0 Å². The van der Waals surface area contributed by atoms with Gasteiger partial charge in [-0.15, -0.1) is 0 Å². The summed E-state index contributed by atoms with van der Waals surface area (Å²) < 4.78 is 33.4. The van der Waals surface area contributed by atoms with Crippen LogP contribution in [0.4, 0.5) is 0 Å². The number of aryl methyl sites for hydroxylation is 1. The summed E-state index contributed by atoms with van der Waals surface area (Å²) in [6.45, 7) is 1.95. The fourth-order valence-corrected chi connectivity index (χ4v) is 5.19. The molecule has 3 atom stereocenters. The van der Waals surface area contributed by atoms with Crippen LogP contribution in [0, 0.1) is 6.92 Å². The number of sulfonamides is 1. The van der Waals surface area contributed by atoms with E-state index in [2.05, 4.69) is 0 Å². The SMILES string of the molecule is COc1ccc([C@H]2[C@@H](c3ccccc3)N2S(=O)(=O)c2ccc(C)cc2)cc1. The van der Waals surface area contributed by atoms with Gasteiger partial charge in [-0.3, -0.25) is 0 Å². The van der Waals surface area contributed by atoms with Crippen molar-refractivity contribution in [3.05, 3.63) is 95.6 Å². The van der Waals surface area contributed by atoms with E-state index >= 15 is 0 Å². The van der Waals surface area contributed by atoms with Gasteiger partial charge in [-0.05, 0) is 42.3 Å². The molecule has 0 N–H and O–H groups in total. The van der Waals surface area contributed by atoms with Gasteiger partial charge in [-0.1, -0.05) is 60.2 Å². The third-order valence-corrected chi connectivity index (χ3v) is 6.83. The number of methoxy groups -OCH3 is 1. The summed E-state index contributed by atoms with van der Waals surface area (Å²) >= 11 is 0. The van der Waals surface area contributed by atoms with Gasteiger partial charge in [-0.25, -0.2) is 8.42 Å². The van der Waals surface area contributed by atoms with Gasteiger partial charge in [-0.2, -0.15) is 4.31 Å². The molecular formula is C22H21NO3S. The Kier molecular flexibility index (Phi) is 4.50. The first-order chi connectivity index (χ1) is 13.0. The first kappa shape index (κ1) is 17.8. The fourth-order valence-electron chi connectivity index (χ4n) is 3.45. The summed E-state index contributed by atoms with van der Waals surface area (Å²) in [5, 5.41) is 0. The lowest BCUT2D eigenvalue weighted by Crippen LogP contribution is -2.13. The number of benzene rings is 3. The average Bonchev–Trinajstić information content (AvgIpc) is 3.46. The molecule has 1 aliphatic heterocycles. The maximum absolute atomic E-state index is 13.3. The Bertz CT molecular complexity index is 1030. The molecule has 1 unspecified atom stereocenters. The lowest BCUT2D eigenvalue weighted by molar-refractivity contribution is 0.414. The highest BCUT2D eigenvalue weighted by molar-refractivity contribution is 7.89. The van der Waals surface area contributed by atoms with Crippen LogP contribution in [0.25, 0.3) is 0 Å². The smallest absolute Gasteiger partial charge is 0.244 e. The molecule has 5 heteroatoms. The Morgan fingerprint density at radius 1 is 0.778 bits per heavy atom. The molecule has 3 aromatic carbocycles. The minimum atomic E-state index is -3.59. The third-order valence-electron chi connectivity index (χ3n) is 4.95. The fraction of sp³-hybridized carbons (Fsp3) is 0.182. The summed E-state index contributed by atoms with van der Waals surface area (Å²) in [5.74, 6) is 0.753. The van der Waals surface area contributed by atoms with E-state index in [1.54, 1.807) is 23.5 Å². The molecule has 0 amide bonds. The van der Waals surface area contributed by atoms with E-state index in [9.17, 15) is 8.42 Å². The zero-order chi connectivity index (χ0) is 19.0.